The second-order valence-electron chi connectivity index (χ2n) is 9.28. The van der Waals surface area contributed by atoms with Crippen molar-refractivity contribution in [3.05, 3.63) is 59.7 Å². The van der Waals surface area contributed by atoms with Gasteiger partial charge in [-0.3, -0.25) is 8.97 Å². The highest BCUT2D eigenvalue weighted by molar-refractivity contribution is 7.91. The predicted octanol–water partition coefficient (Wildman–Crippen LogP) is 0.0739. The Hall–Kier alpha value is -2.22. The van der Waals surface area contributed by atoms with Gasteiger partial charge in [0.1, 0.15) is 26.2 Å². The molecule has 0 spiro atoms. The van der Waals surface area contributed by atoms with Gasteiger partial charge in [0.2, 0.25) is 6.67 Å². The van der Waals surface area contributed by atoms with Crippen LogP contribution in [0.2, 0.25) is 0 Å². The molecule has 6 rings (SSSR count). The zero-order chi connectivity index (χ0) is 26.9. The van der Waals surface area contributed by atoms with E-state index >= 15 is 0 Å². The first-order chi connectivity index (χ1) is 17.5. The fourth-order valence-electron chi connectivity index (χ4n) is 5.09. The van der Waals surface area contributed by atoms with E-state index in [1.54, 1.807) is 24.3 Å². The number of piperazine rings is 1. The zero-order valence-corrected chi connectivity index (χ0v) is 22.9. The van der Waals surface area contributed by atoms with Crippen LogP contribution in [0.25, 0.3) is 0 Å². The van der Waals surface area contributed by atoms with Gasteiger partial charge in [-0.15, -0.1) is 23.2 Å². The van der Waals surface area contributed by atoms with Gasteiger partial charge in [-0.1, -0.05) is 36.4 Å². The van der Waals surface area contributed by atoms with Crippen molar-refractivity contribution in [2.75, 3.05) is 57.7 Å². The maximum absolute atomic E-state index is 11.1. The van der Waals surface area contributed by atoms with Gasteiger partial charge in [0.15, 0.2) is 0 Å². The number of hydrogen-bond donors (Lipinski definition) is 0. The summed E-state index contributed by atoms with van der Waals surface area (Å²) in [4.78, 5) is 0.0185. The topological polar surface area (TPSA) is 139 Å². The van der Waals surface area contributed by atoms with Crippen LogP contribution in [0.1, 0.15) is 11.1 Å². The third kappa shape index (κ3) is 5.64. The first-order valence-electron chi connectivity index (χ1n) is 11.5. The summed E-state index contributed by atoms with van der Waals surface area (Å²) in [6, 6.07) is 12.0. The smallest absolute Gasteiger partial charge is 0.282 e. The van der Waals surface area contributed by atoms with Gasteiger partial charge in [0, 0.05) is 22.9 Å². The summed E-state index contributed by atoms with van der Waals surface area (Å²) in [6.45, 7) is 8.90. The molecule has 0 N–H and O–H groups in total. The highest BCUT2D eigenvalue weighted by Crippen LogP contribution is 2.31. The van der Waals surface area contributed by atoms with E-state index < -0.39 is 31.8 Å². The van der Waals surface area contributed by atoms with Gasteiger partial charge >= 0.3 is 0 Å². The number of halogens is 2. The molecule has 2 fully saturated rings. The molecule has 0 aliphatic carbocycles. The molecular formula is C23H26Cl2N4O6S2. The molecule has 200 valence electrons. The molecule has 2 aromatic carbocycles. The predicted molar refractivity (Wildman–Crippen MR) is 136 cm³/mol. The minimum atomic E-state index is -3.68. The van der Waals surface area contributed by atoms with Gasteiger partial charge in [0.05, 0.1) is 34.6 Å². The molecule has 0 radical (unpaired) electrons. The monoisotopic (exact) mass is 588 g/mol. The highest BCUT2D eigenvalue weighted by Gasteiger charge is 2.54. The molecule has 0 saturated carbocycles. The average molecular weight is 590 g/mol. The summed E-state index contributed by atoms with van der Waals surface area (Å²) >= 11 is 11.7. The van der Waals surface area contributed by atoms with Crippen LogP contribution in [0.3, 0.4) is 0 Å². The lowest BCUT2D eigenvalue weighted by Crippen LogP contribution is -2.48. The second-order valence-corrected chi connectivity index (χ2v) is 13.2. The largest absolute Gasteiger partial charge is 0.858 e. The van der Waals surface area contributed by atoms with Gasteiger partial charge < -0.3 is 10.2 Å². The van der Waals surface area contributed by atoms with E-state index in [-0.39, 0.29) is 20.9 Å². The van der Waals surface area contributed by atoms with Crippen molar-refractivity contribution in [2.24, 2.45) is 8.80 Å². The SMILES string of the molecule is ClCC[N+]12CC[N+](CCCl)(CC1)C2.O=S1(=O)N=C([O-])c2ccccc21.O=S1(=O)N=C([O-])c2ccccc21. The summed E-state index contributed by atoms with van der Waals surface area (Å²) in [6.07, 6.45) is 0. The summed E-state index contributed by atoms with van der Waals surface area (Å²) < 4.78 is 52.9. The minimum Gasteiger partial charge on any atom is -0.858 e. The Kier molecular flexibility index (Phi) is 7.89. The van der Waals surface area contributed by atoms with E-state index in [9.17, 15) is 27.0 Å². The third-order valence-electron chi connectivity index (χ3n) is 7.01. The number of sulfonamides is 2. The molecule has 0 amide bonds. The Balaban J connectivity index is 0.000000130. The minimum absolute atomic E-state index is 0.00926. The van der Waals surface area contributed by atoms with E-state index in [0.717, 1.165) is 24.8 Å². The van der Waals surface area contributed by atoms with Gasteiger partial charge in [-0.05, 0) is 12.1 Å². The normalized spacial score (nSPS) is 27.1. The van der Waals surface area contributed by atoms with Crippen LogP contribution < -0.4 is 10.2 Å². The highest BCUT2D eigenvalue weighted by atomic mass is 35.5. The molecule has 0 unspecified atom stereocenters. The van der Waals surface area contributed by atoms with E-state index in [0.29, 0.717) is 0 Å². The van der Waals surface area contributed by atoms with Crippen LogP contribution in [0.4, 0.5) is 0 Å². The van der Waals surface area contributed by atoms with E-state index in [1.165, 1.54) is 66.1 Å². The Bertz CT molecular complexity index is 1340. The third-order valence-corrected chi connectivity index (χ3v) is 9.99. The molecule has 2 aromatic rings. The summed E-state index contributed by atoms with van der Waals surface area (Å²) in [5.41, 5.74) is 0.329. The molecule has 4 aliphatic heterocycles. The lowest BCUT2D eigenvalue weighted by atomic mass is 10.2. The Morgan fingerprint density at radius 1 is 0.676 bits per heavy atom. The summed E-state index contributed by atoms with van der Waals surface area (Å²) in [5, 5.41) is 21.9. The van der Waals surface area contributed by atoms with Crippen LogP contribution in [-0.2, 0) is 20.0 Å². The van der Waals surface area contributed by atoms with Crippen LogP contribution in [-0.4, -0.2) is 95.3 Å². The van der Waals surface area contributed by atoms with Crippen molar-refractivity contribution in [1.29, 1.82) is 0 Å². The molecule has 4 aliphatic rings. The molecule has 14 heteroatoms. The maximum atomic E-state index is 11.1. The Morgan fingerprint density at radius 2 is 1.03 bits per heavy atom. The van der Waals surface area contributed by atoms with Crippen LogP contribution in [0.5, 0.6) is 0 Å². The van der Waals surface area contributed by atoms with Crippen molar-refractivity contribution in [1.82, 2.24) is 0 Å². The van der Waals surface area contributed by atoms with Gasteiger partial charge in [-0.2, -0.15) is 25.6 Å². The molecule has 2 bridgehead atoms. The van der Waals surface area contributed by atoms with E-state index in [1.807, 2.05) is 0 Å². The molecule has 10 nitrogen and oxygen atoms in total. The van der Waals surface area contributed by atoms with Crippen molar-refractivity contribution >= 4 is 55.0 Å². The molecule has 37 heavy (non-hydrogen) atoms. The number of quaternary nitrogens is 2. The van der Waals surface area contributed by atoms with Crippen molar-refractivity contribution in [2.45, 2.75) is 9.79 Å². The molecule has 2 saturated heterocycles. The van der Waals surface area contributed by atoms with Crippen LogP contribution in [0.15, 0.2) is 67.1 Å². The molecule has 0 aromatic heterocycles. The average Bonchev–Trinajstić information content (AvgIpc) is 3.53. The lowest BCUT2D eigenvalue weighted by molar-refractivity contribution is -0.985. The van der Waals surface area contributed by atoms with Crippen molar-refractivity contribution in [3.63, 3.8) is 0 Å². The van der Waals surface area contributed by atoms with Crippen molar-refractivity contribution < 1.29 is 36.0 Å². The van der Waals surface area contributed by atoms with E-state index in [4.69, 9.17) is 23.2 Å². The fraction of sp³-hybridized carbons (Fsp3) is 0.391. The molecule has 4 heterocycles. The van der Waals surface area contributed by atoms with Gasteiger partial charge in [0.25, 0.3) is 20.0 Å². The molecule has 0 atom stereocenters. The quantitative estimate of drug-likeness (QED) is 0.366. The second kappa shape index (κ2) is 10.5. The number of benzene rings is 2. The first-order valence-corrected chi connectivity index (χ1v) is 15.5. The van der Waals surface area contributed by atoms with E-state index in [2.05, 4.69) is 8.80 Å². The first kappa shape index (κ1) is 27.8. The molecular weight excluding hydrogens is 563 g/mol. The number of rotatable bonds is 4. The Labute approximate surface area is 226 Å². The maximum Gasteiger partial charge on any atom is 0.282 e. The van der Waals surface area contributed by atoms with Crippen LogP contribution in [0, 0.1) is 0 Å². The number of alkyl halides is 2. The lowest BCUT2D eigenvalue weighted by Gasteiger charge is -2.26. The summed E-state index contributed by atoms with van der Waals surface area (Å²) in [7, 11) is -7.36. The number of fused-ring (bicyclic) bond motifs is 4. The summed E-state index contributed by atoms with van der Waals surface area (Å²) in [5.74, 6) is 0.262. The Morgan fingerprint density at radius 3 is 1.35 bits per heavy atom. The van der Waals surface area contributed by atoms with Crippen LogP contribution >= 0.6 is 23.2 Å². The number of nitrogens with zero attached hydrogens (tertiary/aromatic N) is 4. The standard InChI is InChI=1S/C9H18Cl2N2.2C7H5NO3S/c10-1-3-12-5-7-13(9-12,4-2-11)8-6-12;2*9-7-5-3-1-2-4-6(5)12(10,11)8-7/h1-9H2;2*1-4H,(H,8,9)/q+2;;/p-2. The fourth-order valence-corrected chi connectivity index (χ4v) is 8.00. The van der Waals surface area contributed by atoms with Gasteiger partial charge in [-0.25, -0.2) is 0 Å². The van der Waals surface area contributed by atoms with Crippen molar-refractivity contribution in [3.8, 4) is 0 Å². The number of hydrogen-bond acceptors (Lipinski definition) is 6. The zero-order valence-electron chi connectivity index (χ0n) is 19.8.